The van der Waals surface area contributed by atoms with Gasteiger partial charge in [0.25, 0.3) is 0 Å². The topological polar surface area (TPSA) is 30.9 Å². The fourth-order valence-electron chi connectivity index (χ4n) is 4.12. The monoisotopic (exact) mass is 299 g/mol. The summed E-state index contributed by atoms with van der Waals surface area (Å²) >= 11 is 0. The maximum absolute atomic E-state index is 6.27. The van der Waals surface area contributed by atoms with E-state index in [1.165, 1.54) is 0 Å². The van der Waals surface area contributed by atoms with Crippen molar-refractivity contribution in [3.05, 3.63) is 0 Å². The quantitative estimate of drug-likeness (QED) is 0.801. The van der Waals surface area contributed by atoms with Crippen molar-refractivity contribution in [1.82, 2.24) is 4.90 Å². The molecule has 4 heteroatoms. The number of likely N-dealkylation sites (tertiary alicyclic amines) is 1. The average Bonchev–Trinajstić information content (AvgIpc) is 2.31. The van der Waals surface area contributed by atoms with Crippen LogP contribution in [0.5, 0.6) is 0 Å². The van der Waals surface area contributed by atoms with E-state index >= 15 is 0 Å². The first-order valence-corrected chi connectivity index (χ1v) is 8.07. The van der Waals surface area contributed by atoms with Crippen LogP contribution < -0.4 is 0 Å². The van der Waals surface area contributed by atoms with Crippen LogP contribution >= 0.6 is 0 Å². The van der Waals surface area contributed by atoms with Crippen molar-refractivity contribution in [2.75, 3.05) is 33.5 Å². The summed E-state index contributed by atoms with van der Waals surface area (Å²) in [6.07, 6.45) is 1.81. The summed E-state index contributed by atoms with van der Waals surface area (Å²) in [4.78, 5) is 2.54. The van der Waals surface area contributed by atoms with Crippen LogP contribution in [0.1, 0.15) is 54.4 Å². The zero-order chi connectivity index (χ0) is 15.9. The van der Waals surface area contributed by atoms with Crippen LogP contribution in [-0.2, 0) is 14.2 Å². The molecule has 0 aromatic carbocycles. The Morgan fingerprint density at radius 2 is 1.38 bits per heavy atom. The molecule has 1 spiro atoms. The molecule has 0 aromatic rings. The molecule has 0 radical (unpaired) electrons. The maximum Gasteiger partial charge on any atom is 0.171 e. The third kappa shape index (κ3) is 3.61. The molecule has 21 heavy (non-hydrogen) atoms. The van der Waals surface area contributed by atoms with Gasteiger partial charge < -0.3 is 14.2 Å². The second-order valence-corrected chi connectivity index (χ2v) is 8.78. The Hall–Kier alpha value is -0.160. The minimum atomic E-state index is -0.425. The summed E-state index contributed by atoms with van der Waals surface area (Å²) < 4.78 is 17.8. The lowest BCUT2D eigenvalue weighted by Gasteiger charge is -2.60. The van der Waals surface area contributed by atoms with Gasteiger partial charge in [0.2, 0.25) is 0 Å². The van der Waals surface area contributed by atoms with Gasteiger partial charge in [0.05, 0.1) is 19.8 Å². The Balaban J connectivity index is 2.17. The van der Waals surface area contributed by atoms with Gasteiger partial charge in [0.1, 0.15) is 0 Å². The van der Waals surface area contributed by atoms with E-state index in [-0.39, 0.29) is 16.5 Å². The third-order valence-corrected chi connectivity index (χ3v) is 4.84. The molecule has 2 aliphatic heterocycles. The highest BCUT2D eigenvalue weighted by molar-refractivity contribution is 5.05. The fourth-order valence-corrected chi connectivity index (χ4v) is 4.12. The zero-order valence-electron chi connectivity index (χ0n) is 14.9. The van der Waals surface area contributed by atoms with E-state index in [0.29, 0.717) is 0 Å². The molecule has 2 heterocycles. The Morgan fingerprint density at radius 1 is 0.905 bits per heavy atom. The Kier molecular flexibility index (Phi) is 4.49. The van der Waals surface area contributed by atoms with Crippen LogP contribution in [0.4, 0.5) is 0 Å². The highest BCUT2D eigenvalue weighted by Crippen LogP contribution is 2.48. The van der Waals surface area contributed by atoms with E-state index < -0.39 is 5.79 Å². The first-order valence-electron chi connectivity index (χ1n) is 8.07. The van der Waals surface area contributed by atoms with Crippen molar-refractivity contribution < 1.29 is 14.2 Å². The molecule has 124 valence electrons. The Labute approximate surface area is 130 Å². The molecular formula is C17H33NO3. The Bertz CT molecular complexity index is 346. The molecule has 4 nitrogen and oxygen atoms in total. The first kappa shape index (κ1) is 17.2. The lowest BCUT2D eigenvalue weighted by molar-refractivity contribution is -0.339. The number of rotatable bonds is 3. The minimum Gasteiger partial charge on any atom is -0.383 e. The van der Waals surface area contributed by atoms with Gasteiger partial charge in [0.15, 0.2) is 5.79 Å². The smallest absolute Gasteiger partial charge is 0.171 e. The summed E-state index contributed by atoms with van der Waals surface area (Å²) in [5.74, 6) is -0.425. The van der Waals surface area contributed by atoms with Gasteiger partial charge in [-0.25, -0.2) is 0 Å². The van der Waals surface area contributed by atoms with Gasteiger partial charge in [-0.1, -0.05) is 13.8 Å². The van der Waals surface area contributed by atoms with Gasteiger partial charge >= 0.3 is 0 Å². The van der Waals surface area contributed by atoms with Crippen molar-refractivity contribution >= 4 is 0 Å². The van der Waals surface area contributed by atoms with E-state index in [1.807, 2.05) is 0 Å². The number of hydrogen-bond donors (Lipinski definition) is 0. The van der Waals surface area contributed by atoms with Crippen LogP contribution in [0, 0.1) is 5.41 Å². The summed E-state index contributed by atoms with van der Waals surface area (Å²) in [6, 6.07) is 0. The van der Waals surface area contributed by atoms with Crippen molar-refractivity contribution in [1.29, 1.82) is 0 Å². The predicted octanol–water partition coefficient (Wildman–Crippen LogP) is 3.06. The highest BCUT2D eigenvalue weighted by Gasteiger charge is 2.55. The third-order valence-electron chi connectivity index (χ3n) is 4.84. The largest absolute Gasteiger partial charge is 0.383 e. The van der Waals surface area contributed by atoms with Crippen LogP contribution in [0.3, 0.4) is 0 Å². The normalized spacial score (nSPS) is 30.4. The molecule has 0 N–H and O–H groups in total. The van der Waals surface area contributed by atoms with E-state index in [0.717, 1.165) is 39.2 Å². The second kappa shape index (κ2) is 5.48. The summed E-state index contributed by atoms with van der Waals surface area (Å²) in [5.41, 5.74) is 0.177. The number of piperidine rings is 1. The molecule has 0 atom stereocenters. The fraction of sp³-hybridized carbons (Fsp3) is 1.00. The molecular weight excluding hydrogens is 266 g/mol. The molecule has 2 saturated heterocycles. The SMILES string of the molecule is COCCN1C(C)(C)CC2(CC1(C)C)OCC(C)(C)CO2. The average molecular weight is 299 g/mol. The number of methoxy groups -OCH3 is 1. The van der Waals surface area contributed by atoms with E-state index in [2.05, 4.69) is 46.4 Å². The van der Waals surface area contributed by atoms with E-state index in [1.54, 1.807) is 7.11 Å². The molecule has 0 saturated carbocycles. The van der Waals surface area contributed by atoms with Crippen molar-refractivity contribution in [2.45, 2.75) is 71.2 Å². The second-order valence-electron chi connectivity index (χ2n) is 8.78. The molecule has 0 aliphatic carbocycles. The number of hydrogen-bond acceptors (Lipinski definition) is 4. The molecule has 2 rings (SSSR count). The lowest BCUT2D eigenvalue weighted by atomic mass is 9.75. The number of nitrogens with zero attached hydrogens (tertiary/aromatic N) is 1. The van der Waals surface area contributed by atoms with Crippen LogP contribution in [0.2, 0.25) is 0 Å². The summed E-state index contributed by atoms with van der Waals surface area (Å²) in [6.45, 7) is 16.8. The van der Waals surface area contributed by atoms with Gasteiger partial charge in [-0.15, -0.1) is 0 Å². The maximum atomic E-state index is 6.27. The standard InChI is InChI=1S/C17H33NO3/c1-14(2)12-20-17(21-13-14)10-15(3,4)18(8-9-19-7)16(5,6)11-17/h8-13H2,1-7H3. The van der Waals surface area contributed by atoms with Crippen LogP contribution in [-0.4, -0.2) is 55.2 Å². The molecule has 2 fully saturated rings. The lowest BCUT2D eigenvalue weighted by Crippen LogP contribution is -2.68. The number of ether oxygens (including phenoxy) is 3. The molecule has 0 aromatic heterocycles. The van der Waals surface area contributed by atoms with Crippen molar-refractivity contribution in [3.63, 3.8) is 0 Å². The molecule has 0 unspecified atom stereocenters. The first-order chi connectivity index (χ1) is 9.52. The summed E-state index contributed by atoms with van der Waals surface area (Å²) in [5, 5.41) is 0. The van der Waals surface area contributed by atoms with E-state index in [4.69, 9.17) is 14.2 Å². The highest BCUT2D eigenvalue weighted by atomic mass is 16.7. The molecule has 2 aliphatic rings. The van der Waals surface area contributed by atoms with Gasteiger partial charge in [-0.3, -0.25) is 4.90 Å². The molecule has 0 amide bonds. The van der Waals surface area contributed by atoms with Gasteiger partial charge in [-0.05, 0) is 27.7 Å². The van der Waals surface area contributed by atoms with E-state index in [9.17, 15) is 0 Å². The van der Waals surface area contributed by atoms with Crippen molar-refractivity contribution in [2.24, 2.45) is 5.41 Å². The summed E-state index contributed by atoms with van der Waals surface area (Å²) in [7, 11) is 1.76. The molecule has 0 bridgehead atoms. The van der Waals surface area contributed by atoms with Gasteiger partial charge in [-0.2, -0.15) is 0 Å². The van der Waals surface area contributed by atoms with Crippen LogP contribution in [0.25, 0.3) is 0 Å². The zero-order valence-corrected chi connectivity index (χ0v) is 14.9. The van der Waals surface area contributed by atoms with Gasteiger partial charge in [0, 0.05) is 43.0 Å². The predicted molar refractivity (Wildman–Crippen MR) is 84.4 cm³/mol. The van der Waals surface area contributed by atoms with Crippen LogP contribution in [0.15, 0.2) is 0 Å². The Morgan fingerprint density at radius 3 is 1.81 bits per heavy atom. The minimum absolute atomic E-state index is 0.0295. The van der Waals surface area contributed by atoms with Crippen molar-refractivity contribution in [3.8, 4) is 0 Å².